The molecule has 3 nitrogen and oxygen atoms in total. The topological polar surface area (TPSA) is 24.5 Å². The molecule has 0 amide bonds. The van der Waals surface area contributed by atoms with Crippen molar-refractivity contribution in [2.45, 2.75) is 38.9 Å². The standard InChI is InChI=1S/C10H22N2O/c1-8-6-12(9(2)5-11-8)10(3)7-13-4/h8-11H,5-7H2,1-4H3. The molecule has 3 atom stereocenters. The van der Waals surface area contributed by atoms with Crippen molar-refractivity contribution >= 4 is 0 Å². The van der Waals surface area contributed by atoms with Crippen molar-refractivity contribution in [3.8, 4) is 0 Å². The third-order valence-electron chi connectivity index (χ3n) is 2.79. The molecule has 1 rings (SSSR count). The Bertz CT molecular complexity index is 152. The van der Waals surface area contributed by atoms with E-state index in [4.69, 9.17) is 4.74 Å². The minimum atomic E-state index is 0.532. The first-order chi connectivity index (χ1) is 6.15. The van der Waals surface area contributed by atoms with Crippen LogP contribution >= 0.6 is 0 Å². The van der Waals surface area contributed by atoms with Crippen molar-refractivity contribution in [3.63, 3.8) is 0 Å². The fourth-order valence-corrected chi connectivity index (χ4v) is 2.00. The van der Waals surface area contributed by atoms with Crippen molar-refractivity contribution in [3.05, 3.63) is 0 Å². The molecule has 3 unspecified atom stereocenters. The molecule has 0 spiro atoms. The van der Waals surface area contributed by atoms with Gasteiger partial charge in [0.25, 0.3) is 0 Å². The van der Waals surface area contributed by atoms with Crippen LogP contribution in [0.1, 0.15) is 20.8 Å². The Kier molecular flexibility index (Phi) is 4.16. The second kappa shape index (κ2) is 4.94. The first-order valence-corrected chi connectivity index (χ1v) is 5.13. The third kappa shape index (κ3) is 2.93. The molecule has 78 valence electrons. The summed E-state index contributed by atoms with van der Waals surface area (Å²) in [6, 6.07) is 1.77. The predicted octanol–water partition coefficient (Wildman–Crippen LogP) is 0.704. The Morgan fingerprint density at radius 2 is 2.23 bits per heavy atom. The number of hydrogen-bond donors (Lipinski definition) is 1. The summed E-state index contributed by atoms with van der Waals surface area (Å²) in [6.45, 7) is 9.79. The van der Waals surface area contributed by atoms with Gasteiger partial charge in [0.2, 0.25) is 0 Å². The first-order valence-electron chi connectivity index (χ1n) is 5.13. The van der Waals surface area contributed by atoms with Gasteiger partial charge >= 0.3 is 0 Å². The maximum absolute atomic E-state index is 5.18. The molecule has 0 aromatic rings. The number of nitrogens with one attached hydrogen (secondary N) is 1. The Morgan fingerprint density at radius 1 is 1.54 bits per heavy atom. The van der Waals surface area contributed by atoms with Gasteiger partial charge in [-0.2, -0.15) is 0 Å². The third-order valence-corrected chi connectivity index (χ3v) is 2.79. The highest BCUT2D eigenvalue weighted by atomic mass is 16.5. The number of ether oxygens (including phenoxy) is 1. The van der Waals surface area contributed by atoms with E-state index >= 15 is 0 Å². The summed E-state index contributed by atoms with van der Waals surface area (Å²) in [7, 11) is 1.77. The van der Waals surface area contributed by atoms with E-state index in [2.05, 4.69) is 31.0 Å². The van der Waals surface area contributed by atoms with Crippen LogP contribution in [0.2, 0.25) is 0 Å². The number of piperazine rings is 1. The van der Waals surface area contributed by atoms with Gasteiger partial charge < -0.3 is 10.1 Å². The highest BCUT2D eigenvalue weighted by molar-refractivity contribution is 4.84. The summed E-state index contributed by atoms with van der Waals surface area (Å²) in [5, 5.41) is 3.48. The normalized spacial score (nSPS) is 33.2. The van der Waals surface area contributed by atoms with Crippen LogP contribution in [0, 0.1) is 0 Å². The highest BCUT2D eigenvalue weighted by Crippen LogP contribution is 2.10. The molecule has 0 saturated carbocycles. The summed E-state index contributed by atoms with van der Waals surface area (Å²) in [5.41, 5.74) is 0. The van der Waals surface area contributed by atoms with Gasteiger partial charge in [0, 0.05) is 38.3 Å². The van der Waals surface area contributed by atoms with Gasteiger partial charge in [-0.15, -0.1) is 0 Å². The molecule has 0 aliphatic carbocycles. The summed E-state index contributed by atoms with van der Waals surface area (Å²) in [4.78, 5) is 2.52. The molecule has 1 fully saturated rings. The Morgan fingerprint density at radius 3 is 2.85 bits per heavy atom. The molecular formula is C10H22N2O. The molecule has 13 heavy (non-hydrogen) atoms. The van der Waals surface area contributed by atoms with Crippen molar-refractivity contribution in [2.75, 3.05) is 26.8 Å². The van der Waals surface area contributed by atoms with Crippen LogP contribution in [0.25, 0.3) is 0 Å². The van der Waals surface area contributed by atoms with E-state index in [0.717, 1.165) is 19.7 Å². The lowest BCUT2D eigenvalue weighted by molar-refractivity contribution is 0.0501. The van der Waals surface area contributed by atoms with Crippen molar-refractivity contribution in [1.29, 1.82) is 0 Å². The molecule has 0 bridgehead atoms. The zero-order valence-corrected chi connectivity index (χ0v) is 9.21. The maximum atomic E-state index is 5.18. The summed E-state index contributed by atoms with van der Waals surface area (Å²) in [5.74, 6) is 0. The zero-order chi connectivity index (χ0) is 9.84. The van der Waals surface area contributed by atoms with Crippen LogP contribution < -0.4 is 5.32 Å². The minimum Gasteiger partial charge on any atom is -0.383 e. The lowest BCUT2D eigenvalue weighted by Crippen LogP contribution is -2.57. The molecule has 1 heterocycles. The molecule has 1 N–H and O–H groups in total. The average molecular weight is 186 g/mol. The summed E-state index contributed by atoms with van der Waals surface area (Å²) < 4.78 is 5.18. The monoisotopic (exact) mass is 186 g/mol. The molecule has 0 radical (unpaired) electrons. The lowest BCUT2D eigenvalue weighted by atomic mass is 10.1. The van der Waals surface area contributed by atoms with Gasteiger partial charge in [-0.05, 0) is 20.8 Å². The van der Waals surface area contributed by atoms with E-state index in [-0.39, 0.29) is 0 Å². The first kappa shape index (κ1) is 11.0. The Labute approximate surface area is 81.4 Å². The SMILES string of the molecule is COCC(C)N1CC(C)NCC1C. The molecule has 0 aromatic carbocycles. The average Bonchev–Trinajstić information content (AvgIpc) is 2.09. The summed E-state index contributed by atoms with van der Waals surface area (Å²) in [6.07, 6.45) is 0. The van der Waals surface area contributed by atoms with E-state index in [9.17, 15) is 0 Å². The van der Waals surface area contributed by atoms with Gasteiger partial charge in [-0.3, -0.25) is 4.90 Å². The largest absolute Gasteiger partial charge is 0.383 e. The zero-order valence-electron chi connectivity index (χ0n) is 9.21. The number of hydrogen-bond acceptors (Lipinski definition) is 3. The second-order valence-electron chi connectivity index (χ2n) is 4.16. The van der Waals surface area contributed by atoms with E-state index in [1.165, 1.54) is 0 Å². The van der Waals surface area contributed by atoms with Crippen molar-refractivity contribution in [2.24, 2.45) is 0 Å². The maximum Gasteiger partial charge on any atom is 0.0615 e. The van der Waals surface area contributed by atoms with Gasteiger partial charge in [-0.1, -0.05) is 0 Å². The van der Waals surface area contributed by atoms with Crippen LogP contribution in [0.3, 0.4) is 0 Å². The van der Waals surface area contributed by atoms with Crippen LogP contribution in [0.5, 0.6) is 0 Å². The quantitative estimate of drug-likeness (QED) is 0.702. The molecule has 1 saturated heterocycles. The molecule has 1 aliphatic heterocycles. The molecule has 0 aromatic heterocycles. The van der Waals surface area contributed by atoms with Crippen LogP contribution in [0.15, 0.2) is 0 Å². The van der Waals surface area contributed by atoms with E-state index in [0.29, 0.717) is 18.1 Å². The van der Waals surface area contributed by atoms with E-state index < -0.39 is 0 Å². The van der Waals surface area contributed by atoms with E-state index in [1.807, 2.05) is 0 Å². The molecule has 1 aliphatic rings. The number of nitrogens with zero attached hydrogens (tertiary/aromatic N) is 1. The fourth-order valence-electron chi connectivity index (χ4n) is 2.00. The highest BCUT2D eigenvalue weighted by Gasteiger charge is 2.25. The smallest absolute Gasteiger partial charge is 0.0615 e. The van der Waals surface area contributed by atoms with Crippen LogP contribution in [-0.2, 0) is 4.74 Å². The van der Waals surface area contributed by atoms with Crippen molar-refractivity contribution in [1.82, 2.24) is 10.2 Å². The van der Waals surface area contributed by atoms with Crippen molar-refractivity contribution < 1.29 is 4.74 Å². The van der Waals surface area contributed by atoms with Gasteiger partial charge in [0.15, 0.2) is 0 Å². The van der Waals surface area contributed by atoms with Crippen LogP contribution in [0.4, 0.5) is 0 Å². The second-order valence-corrected chi connectivity index (χ2v) is 4.16. The fraction of sp³-hybridized carbons (Fsp3) is 1.00. The van der Waals surface area contributed by atoms with Crippen LogP contribution in [-0.4, -0.2) is 49.8 Å². The minimum absolute atomic E-state index is 0.532. The Balaban J connectivity index is 2.44. The lowest BCUT2D eigenvalue weighted by Gasteiger charge is -2.41. The van der Waals surface area contributed by atoms with Gasteiger partial charge in [0.05, 0.1) is 6.61 Å². The van der Waals surface area contributed by atoms with Gasteiger partial charge in [0.1, 0.15) is 0 Å². The predicted molar refractivity (Wildman–Crippen MR) is 55.0 cm³/mol. The molecule has 3 heteroatoms. The molecular weight excluding hydrogens is 164 g/mol. The van der Waals surface area contributed by atoms with Gasteiger partial charge in [-0.25, -0.2) is 0 Å². The Hall–Kier alpha value is -0.120. The van der Waals surface area contributed by atoms with E-state index in [1.54, 1.807) is 7.11 Å². The number of rotatable bonds is 3. The summed E-state index contributed by atoms with van der Waals surface area (Å²) >= 11 is 0. The number of methoxy groups -OCH3 is 1.